The van der Waals surface area contributed by atoms with Gasteiger partial charge in [0, 0.05) is 50.0 Å². The van der Waals surface area contributed by atoms with Crippen LogP contribution in [0.15, 0.2) is 30.3 Å². The van der Waals surface area contributed by atoms with Crippen molar-refractivity contribution in [3.05, 3.63) is 52.8 Å². The van der Waals surface area contributed by atoms with E-state index in [2.05, 4.69) is 25.5 Å². The Bertz CT molecular complexity index is 1290. The van der Waals surface area contributed by atoms with Crippen LogP contribution in [-0.4, -0.2) is 65.9 Å². The molecule has 36 heavy (non-hydrogen) atoms. The van der Waals surface area contributed by atoms with Crippen molar-refractivity contribution in [2.45, 2.75) is 26.1 Å². The maximum absolute atomic E-state index is 13.3. The Morgan fingerprint density at radius 1 is 1.08 bits per heavy atom. The Hall–Kier alpha value is -3.60. The lowest BCUT2D eigenvalue weighted by Crippen LogP contribution is -2.47. The zero-order valence-corrected chi connectivity index (χ0v) is 20.7. The molecule has 4 N–H and O–H groups in total. The molecule has 1 unspecified atom stereocenters. The van der Waals surface area contributed by atoms with Gasteiger partial charge in [0.15, 0.2) is 0 Å². The fraction of sp³-hybridized carbons (Fsp3) is 0.400. The summed E-state index contributed by atoms with van der Waals surface area (Å²) in [5.74, 6) is 0.847. The normalized spacial score (nSPS) is 15.7. The third kappa shape index (κ3) is 5.30. The number of alkyl halides is 3. The molecule has 0 spiro atoms. The Labute approximate surface area is 207 Å². The molecule has 2 aromatic carbocycles. The molecule has 11 heteroatoms. The number of piperazine rings is 1. The number of nitrogens with two attached hydrogens (primary N) is 1. The van der Waals surface area contributed by atoms with Crippen LogP contribution in [0.1, 0.15) is 40.3 Å². The number of carbonyl (C=O) groups excluding carboxylic acids is 1. The van der Waals surface area contributed by atoms with E-state index in [-0.39, 0.29) is 11.6 Å². The van der Waals surface area contributed by atoms with E-state index in [9.17, 15) is 18.0 Å². The Morgan fingerprint density at radius 3 is 2.42 bits per heavy atom. The number of likely N-dealkylation sites (N-methyl/N-ethyl adjacent to an activating group) is 1. The predicted molar refractivity (Wildman–Crippen MR) is 135 cm³/mol. The number of hydrogen-bond acceptors (Lipinski definition) is 7. The first-order chi connectivity index (χ1) is 17.0. The highest BCUT2D eigenvalue weighted by Crippen LogP contribution is 2.34. The molecule has 0 aliphatic carbocycles. The van der Waals surface area contributed by atoms with Crippen LogP contribution in [0.4, 0.5) is 30.4 Å². The summed E-state index contributed by atoms with van der Waals surface area (Å²) in [6, 6.07) is 6.52. The van der Waals surface area contributed by atoms with Crippen LogP contribution in [0, 0.1) is 6.92 Å². The minimum Gasteiger partial charge on any atom is -0.399 e. The number of aryl methyl sites for hydroxylation is 1. The molecule has 1 saturated heterocycles. The number of nitrogens with one attached hydrogen (secondary N) is 2. The van der Waals surface area contributed by atoms with Crippen LogP contribution < -0.4 is 16.4 Å². The lowest BCUT2D eigenvalue weighted by molar-refractivity contribution is -0.137. The molecule has 8 nitrogen and oxygen atoms in total. The van der Waals surface area contributed by atoms with Crippen LogP contribution in [-0.2, 0) is 6.18 Å². The molecule has 1 aliphatic rings. The number of hydrogen-bond donors (Lipinski definition) is 3. The number of carbonyl (C=O) groups is 1. The maximum Gasteiger partial charge on any atom is 0.416 e. The molecule has 1 aliphatic heterocycles. The first-order valence-electron chi connectivity index (χ1n) is 11.7. The van der Waals surface area contributed by atoms with Crippen molar-refractivity contribution in [2.24, 2.45) is 0 Å². The number of halogens is 3. The minimum absolute atomic E-state index is 0.0294. The van der Waals surface area contributed by atoms with Crippen LogP contribution in [0.2, 0.25) is 0 Å². The molecule has 1 aromatic heterocycles. The standard InChI is InChI=1S/C25H30F3N7O/c1-14(16-9-17(25(26,27)28)11-18(29)10-16)31-23-19-12-21(30-3)20(13-22(19)32-15(2)33-23)24(36)35-7-5-34(4)6-8-35/h9-14,30H,5-8,29H2,1-4H3,(H,31,32,33). The number of benzene rings is 2. The predicted octanol–water partition coefficient (Wildman–Crippen LogP) is 4.14. The summed E-state index contributed by atoms with van der Waals surface area (Å²) < 4.78 is 39.9. The fourth-order valence-electron chi connectivity index (χ4n) is 4.34. The summed E-state index contributed by atoms with van der Waals surface area (Å²) in [5, 5.41) is 6.95. The molecule has 1 fully saturated rings. The van der Waals surface area contributed by atoms with Crippen molar-refractivity contribution < 1.29 is 18.0 Å². The van der Waals surface area contributed by atoms with Gasteiger partial charge in [0.2, 0.25) is 0 Å². The van der Waals surface area contributed by atoms with Gasteiger partial charge >= 0.3 is 6.18 Å². The quantitative estimate of drug-likeness (QED) is 0.452. The van der Waals surface area contributed by atoms with Crippen LogP contribution in [0.25, 0.3) is 10.9 Å². The third-order valence-corrected chi connectivity index (χ3v) is 6.40. The van der Waals surface area contributed by atoms with E-state index in [1.165, 1.54) is 6.07 Å². The van der Waals surface area contributed by atoms with E-state index in [4.69, 9.17) is 5.73 Å². The van der Waals surface area contributed by atoms with Crippen LogP contribution in [0.5, 0.6) is 0 Å². The number of rotatable bonds is 5. The van der Waals surface area contributed by atoms with Gasteiger partial charge < -0.3 is 26.2 Å². The zero-order valence-electron chi connectivity index (χ0n) is 20.7. The van der Waals surface area contributed by atoms with E-state index < -0.39 is 17.8 Å². The number of anilines is 3. The molecule has 1 atom stereocenters. The summed E-state index contributed by atoms with van der Waals surface area (Å²) in [7, 11) is 3.76. The molecule has 1 amide bonds. The monoisotopic (exact) mass is 501 g/mol. The fourth-order valence-corrected chi connectivity index (χ4v) is 4.34. The number of nitrogens with zero attached hydrogens (tertiary/aromatic N) is 4. The highest BCUT2D eigenvalue weighted by atomic mass is 19.4. The van der Waals surface area contributed by atoms with Crippen LogP contribution >= 0.6 is 0 Å². The molecule has 2 heterocycles. The van der Waals surface area contributed by atoms with E-state index in [0.29, 0.717) is 52.4 Å². The molecule has 0 saturated carbocycles. The summed E-state index contributed by atoms with van der Waals surface area (Å²) >= 11 is 0. The molecule has 0 bridgehead atoms. The molecular weight excluding hydrogens is 471 g/mol. The second-order valence-electron chi connectivity index (χ2n) is 9.13. The lowest BCUT2D eigenvalue weighted by Gasteiger charge is -2.32. The zero-order chi connectivity index (χ0) is 26.2. The van der Waals surface area contributed by atoms with Gasteiger partial charge in [-0.05, 0) is 56.8 Å². The van der Waals surface area contributed by atoms with Gasteiger partial charge in [0.25, 0.3) is 5.91 Å². The minimum atomic E-state index is -4.50. The lowest BCUT2D eigenvalue weighted by atomic mass is 10.0. The van der Waals surface area contributed by atoms with Crippen molar-refractivity contribution >= 4 is 34.0 Å². The number of amides is 1. The van der Waals surface area contributed by atoms with E-state index in [1.807, 2.05) is 11.9 Å². The first-order valence-corrected chi connectivity index (χ1v) is 11.7. The Balaban J connectivity index is 1.70. The molecule has 3 aromatic rings. The number of aromatic nitrogens is 2. The smallest absolute Gasteiger partial charge is 0.399 e. The first kappa shape index (κ1) is 25.5. The largest absolute Gasteiger partial charge is 0.416 e. The average Bonchev–Trinajstić information content (AvgIpc) is 2.82. The van der Waals surface area contributed by atoms with Crippen molar-refractivity contribution in [3.63, 3.8) is 0 Å². The van der Waals surface area contributed by atoms with E-state index >= 15 is 0 Å². The summed E-state index contributed by atoms with van der Waals surface area (Å²) in [4.78, 5) is 26.3. The Morgan fingerprint density at radius 2 is 1.78 bits per heavy atom. The van der Waals surface area contributed by atoms with Gasteiger partial charge in [-0.1, -0.05) is 0 Å². The van der Waals surface area contributed by atoms with Crippen LogP contribution in [0.3, 0.4) is 0 Å². The highest BCUT2D eigenvalue weighted by Gasteiger charge is 2.31. The van der Waals surface area contributed by atoms with Crippen molar-refractivity contribution in [1.82, 2.24) is 19.8 Å². The number of nitrogen functional groups attached to an aromatic ring is 1. The van der Waals surface area contributed by atoms with E-state index in [0.717, 1.165) is 25.2 Å². The van der Waals surface area contributed by atoms with Crippen molar-refractivity contribution in [1.29, 1.82) is 0 Å². The second kappa shape index (κ2) is 9.81. The van der Waals surface area contributed by atoms with Gasteiger partial charge in [-0.3, -0.25) is 4.79 Å². The van der Waals surface area contributed by atoms with Gasteiger partial charge in [0.05, 0.1) is 22.7 Å². The van der Waals surface area contributed by atoms with Crippen molar-refractivity contribution in [2.75, 3.05) is 56.6 Å². The topological polar surface area (TPSA) is 99.4 Å². The molecular formula is C25H30F3N7O. The summed E-state index contributed by atoms with van der Waals surface area (Å²) in [5.41, 5.74) is 7.06. The van der Waals surface area contributed by atoms with Gasteiger partial charge in [0.1, 0.15) is 11.6 Å². The number of fused-ring (bicyclic) bond motifs is 1. The average molecular weight is 502 g/mol. The summed E-state index contributed by atoms with van der Waals surface area (Å²) in [6.45, 7) is 6.37. The van der Waals surface area contributed by atoms with Gasteiger partial charge in [-0.25, -0.2) is 9.97 Å². The molecule has 0 radical (unpaired) electrons. The van der Waals surface area contributed by atoms with Gasteiger partial charge in [-0.2, -0.15) is 13.2 Å². The van der Waals surface area contributed by atoms with Gasteiger partial charge in [-0.15, -0.1) is 0 Å². The maximum atomic E-state index is 13.3. The third-order valence-electron chi connectivity index (χ3n) is 6.40. The SMILES string of the molecule is CNc1cc2c(NC(C)c3cc(N)cc(C(F)(F)F)c3)nc(C)nc2cc1C(=O)N1CCN(C)CC1. The molecule has 4 rings (SSSR count). The van der Waals surface area contributed by atoms with Crippen molar-refractivity contribution in [3.8, 4) is 0 Å². The highest BCUT2D eigenvalue weighted by molar-refractivity contribution is 6.05. The second-order valence-corrected chi connectivity index (χ2v) is 9.13. The van der Waals surface area contributed by atoms with E-state index in [1.54, 1.807) is 33.0 Å². The summed E-state index contributed by atoms with van der Waals surface area (Å²) in [6.07, 6.45) is -4.50. The Kier molecular flexibility index (Phi) is 6.94. The molecule has 192 valence electrons.